The number of aryl methyl sites for hydroxylation is 1. The molecule has 0 atom stereocenters. The average Bonchev–Trinajstić information content (AvgIpc) is 2.55. The monoisotopic (exact) mass is 199 g/mol. The quantitative estimate of drug-likeness (QED) is 0.750. The van der Waals surface area contributed by atoms with Crippen molar-refractivity contribution in [1.29, 1.82) is 5.26 Å². The number of carbonyl (C=O) groups is 1. The molecule has 15 heavy (non-hydrogen) atoms. The van der Waals surface area contributed by atoms with E-state index in [2.05, 4.69) is 0 Å². The minimum Gasteiger partial charge on any atom is -0.364 e. The van der Waals surface area contributed by atoms with Gasteiger partial charge >= 0.3 is 0 Å². The lowest BCUT2D eigenvalue weighted by Gasteiger charge is -1.99. The van der Waals surface area contributed by atoms with Crippen molar-refractivity contribution in [1.82, 2.24) is 4.40 Å². The number of hydrogen-bond acceptors (Lipinski definition) is 2. The molecule has 2 aromatic rings. The highest BCUT2D eigenvalue weighted by Crippen LogP contribution is 2.17. The molecule has 0 spiro atoms. The molecule has 0 radical (unpaired) electrons. The number of nitriles is 1. The van der Waals surface area contributed by atoms with Crippen LogP contribution in [0.5, 0.6) is 0 Å². The van der Waals surface area contributed by atoms with E-state index in [9.17, 15) is 4.79 Å². The number of amides is 1. The lowest BCUT2D eigenvalue weighted by atomic mass is 10.2. The van der Waals surface area contributed by atoms with Crippen LogP contribution in [0.4, 0.5) is 0 Å². The molecule has 0 aliphatic heterocycles. The van der Waals surface area contributed by atoms with Gasteiger partial charge in [-0.05, 0) is 30.7 Å². The lowest BCUT2D eigenvalue weighted by Crippen LogP contribution is -2.13. The second kappa shape index (κ2) is 3.14. The number of pyridine rings is 1. The van der Waals surface area contributed by atoms with Crippen molar-refractivity contribution in [2.45, 2.75) is 6.92 Å². The van der Waals surface area contributed by atoms with Crippen LogP contribution in [0.1, 0.15) is 21.6 Å². The topological polar surface area (TPSA) is 71.3 Å². The molecule has 4 nitrogen and oxygen atoms in total. The first kappa shape index (κ1) is 9.28. The SMILES string of the molecule is Cc1ccn2c(C(N)=O)cc(C#N)c2c1. The van der Waals surface area contributed by atoms with Crippen LogP contribution in [0.25, 0.3) is 5.52 Å². The van der Waals surface area contributed by atoms with Gasteiger partial charge in [0, 0.05) is 6.20 Å². The highest BCUT2D eigenvalue weighted by atomic mass is 16.1. The maximum absolute atomic E-state index is 11.1. The van der Waals surface area contributed by atoms with Crippen molar-refractivity contribution < 1.29 is 4.79 Å². The molecule has 2 aromatic heterocycles. The van der Waals surface area contributed by atoms with Gasteiger partial charge in [0.05, 0.1) is 11.1 Å². The van der Waals surface area contributed by atoms with E-state index in [4.69, 9.17) is 11.0 Å². The zero-order valence-corrected chi connectivity index (χ0v) is 8.19. The lowest BCUT2D eigenvalue weighted by molar-refractivity contribution is 0.0995. The molecule has 0 saturated carbocycles. The molecule has 1 amide bonds. The number of fused-ring (bicyclic) bond motifs is 1. The molecule has 0 saturated heterocycles. The largest absolute Gasteiger partial charge is 0.364 e. The van der Waals surface area contributed by atoms with Crippen molar-refractivity contribution in [2.24, 2.45) is 5.73 Å². The normalized spacial score (nSPS) is 10.1. The Morgan fingerprint density at radius 3 is 2.87 bits per heavy atom. The highest BCUT2D eigenvalue weighted by molar-refractivity contribution is 5.93. The smallest absolute Gasteiger partial charge is 0.265 e. The van der Waals surface area contributed by atoms with Crippen molar-refractivity contribution in [2.75, 3.05) is 0 Å². The zero-order valence-electron chi connectivity index (χ0n) is 8.19. The summed E-state index contributed by atoms with van der Waals surface area (Å²) in [7, 11) is 0. The maximum atomic E-state index is 11.1. The first-order valence-corrected chi connectivity index (χ1v) is 4.45. The molecule has 0 unspecified atom stereocenters. The number of hydrogen-bond donors (Lipinski definition) is 1. The van der Waals surface area contributed by atoms with E-state index in [0.717, 1.165) is 5.56 Å². The number of nitrogens with zero attached hydrogens (tertiary/aromatic N) is 2. The third kappa shape index (κ3) is 1.34. The second-order valence-corrected chi connectivity index (χ2v) is 3.38. The molecule has 2 rings (SSSR count). The van der Waals surface area contributed by atoms with Crippen LogP contribution in [-0.4, -0.2) is 10.3 Å². The Labute approximate surface area is 86.5 Å². The van der Waals surface area contributed by atoms with Gasteiger partial charge in [0.2, 0.25) is 0 Å². The third-order valence-corrected chi connectivity index (χ3v) is 2.30. The number of rotatable bonds is 1. The molecule has 0 aromatic carbocycles. The van der Waals surface area contributed by atoms with E-state index in [0.29, 0.717) is 16.8 Å². The van der Waals surface area contributed by atoms with E-state index in [-0.39, 0.29) is 0 Å². The Balaban J connectivity index is 2.88. The molecule has 0 aliphatic rings. The van der Waals surface area contributed by atoms with Gasteiger partial charge < -0.3 is 10.1 Å². The summed E-state index contributed by atoms with van der Waals surface area (Å²) in [6, 6.07) is 7.27. The predicted molar refractivity (Wildman–Crippen MR) is 55.4 cm³/mol. The fourth-order valence-electron chi connectivity index (χ4n) is 1.58. The van der Waals surface area contributed by atoms with Crippen molar-refractivity contribution in [3.63, 3.8) is 0 Å². The fourth-order valence-corrected chi connectivity index (χ4v) is 1.58. The Bertz CT molecular complexity index is 590. The van der Waals surface area contributed by atoms with Gasteiger partial charge in [-0.2, -0.15) is 5.26 Å². The van der Waals surface area contributed by atoms with E-state index in [1.54, 1.807) is 10.6 Å². The van der Waals surface area contributed by atoms with Gasteiger partial charge in [-0.25, -0.2) is 0 Å². The van der Waals surface area contributed by atoms with Crippen molar-refractivity contribution >= 4 is 11.4 Å². The second-order valence-electron chi connectivity index (χ2n) is 3.38. The van der Waals surface area contributed by atoms with Crippen LogP contribution < -0.4 is 5.73 Å². The number of carbonyl (C=O) groups excluding carboxylic acids is 1. The molecule has 2 N–H and O–H groups in total. The minimum atomic E-state index is -0.532. The third-order valence-electron chi connectivity index (χ3n) is 2.30. The molecule has 74 valence electrons. The van der Waals surface area contributed by atoms with Crippen molar-refractivity contribution in [3.8, 4) is 6.07 Å². The fraction of sp³-hybridized carbons (Fsp3) is 0.0909. The summed E-state index contributed by atoms with van der Waals surface area (Å²) in [5.74, 6) is -0.532. The van der Waals surface area contributed by atoms with E-state index < -0.39 is 5.91 Å². The maximum Gasteiger partial charge on any atom is 0.265 e. The summed E-state index contributed by atoms with van der Waals surface area (Å²) in [5, 5.41) is 8.91. The van der Waals surface area contributed by atoms with Crippen LogP contribution in [0, 0.1) is 18.3 Å². The van der Waals surface area contributed by atoms with Gasteiger partial charge in [-0.15, -0.1) is 0 Å². The highest BCUT2D eigenvalue weighted by Gasteiger charge is 2.12. The average molecular weight is 199 g/mol. The first-order chi connectivity index (χ1) is 7.13. The molecule has 0 fully saturated rings. The molecule has 4 heteroatoms. The molecule has 0 bridgehead atoms. The van der Waals surface area contributed by atoms with Gasteiger partial charge in [0.15, 0.2) is 0 Å². The molecule has 0 aliphatic carbocycles. The Kier molecular flexibility index (Phi) is 1.94. The molecular formula is C11H9N3O. The molecular weight excluding hydrogens is 190 g/mol. The Hall–Kier alpha value is -2.28. The zero-order chi connectivity index (χ0) is 11.0. The number of aromatic nitrogens is 1. The summed E-state index contributed by atoms with van der Waals surface area (Å²) in [4.78, 5) is 11.1. The first-order valence-electron chi connectivity index (χ1n) is 4.45. The number of primary amides is 1. The Morgan fingerprint density at radius 1 is 1.53 bits per heavy atom. The van der Waals surface area contributed by atoms with Gasteiger partial charge in [0.1, 0.15) is 11.8 Å². The van der Waals surface area contributed by atoms with E-state index in [1.165, 1.54) is 6.07 Å². The van der Waals surface area contributed by atoms with Gasteiger partial charge in [0.25, 0.3) is 5.91 Å². The predicted octanol–water partition coefficient (Wildman–Crippen LogP) is 1.22. The van der Waals surface area contributed by atoms with Crippen LogP contribution in [0.15, 0.2) is 24.4 Å². The standard InChI is InChI=1S/C11H9N3O/c1-7-2-3-14-9(4-7)8(6-12)5-10(14)11(13)15/h2-5H,1H3,(H2,13,15). The van der Waals surface area contributed by atoms with Crippen LogP contribution in [0.2, 0.25) is 0 Å². The summed E-state index contributed by atoms with van der Waals surface area (Å²) in [6.07, 6.45) is 1.74. The summed E-state index contributed by atoms with van der Waals surface area (Å²) >= 11 is 0. The van der Waals surface area contributed by atoms with E-state index >= 15 is 0 Å². The Morgan fingerprint density at radius 2 is 2.27 bits per heavy atom. The van der Waals surface area contributed by atoms with E-state index in [1.807, 2.05) is 25.1 Å². The summed E-state index contributed by atoms with van der Waals surface area (Å²) in [6.45, 7) is 1.93. The van der Waals surface area contributed by atoms with Crippen molar-refractivity contribution in [3.05, 3.63) is 41.2 Å². The minimum absolute atomic E-state index is 0.335. The summed E-state index contributed by atoms with van der Waals surface area (Å²) in [5.41, 5.74) is 7.77. The van der Waals surface area contributed by atoms with Gasteiger partial charge in [-0.3, -0.25) is 4.79 Å². The van der Waals surface area contributed by atoms with Crippen LogP contribution >= 0.6 is 0 Å². The van der Waals surface area contributed by atoms with Crippen LogP contribution in [0.3, 0.4) is 0 Å². The number of nitrogens with two attached hydrogens (primary N) is 1. The summed E-state index contributed by atoms with van der Waals surface area (Å²) < 4.78 is 1.63. The molecule has 2 heterocycles. The van der Waals surface area contributed by atoms with Crippen LogP contribution in [-0.2, 0) is 0 Å². The van der Waals surface area contributed by atoms with Gasteiger partial charge in [-0.1, -0.05) is 0 Å².